The molecule has 0 bridgehead atoms. The Morgan fingerprint density at radius 2 is 1.70 bits per heavy atom. The molecule has 4 aliphatic rings. The van der Waals surface area contributed by atoms with E-state index < -0.39 is 0 Å². The number of nitrogens with zero attached hydrogens (tertiary/aromatic N) is 3. The lowest BCUT2D eigenvalue weighted by Crippen LogP contribution is -2.64. The third-order valence-electron chi connectivity index (χ3n) is 5.67. The van der Waals surface area contributed by atoms with Gasteiger partial charge in [-0.25, -0.2) is 0 Å². The third kappa shape index (κ3) is 1.79. The van der Waals surface area contributed by atoms with Crippen molar-refractivity contribution in [3.05, 3.63) is 0 Å². The number of hydrogen-bond donors (Lipinski definition) is 0. The van der Waals surface area contributed by atoms with Gasteiger partial charge in [0, 0.05) is 25.2 Å². The highest BCUT2D eigenvalue weighted by Crippen LogP contribution is 2.34. The Hall–Kier alpha value is -1.10. The number of carbonyl (C=O) groups is 2. The monoisotopic (exact) mass is 277 g/mol. The van der Waals surface area contributed by atoms with Gasteiger partial charge in [0.25, 0.3) is 0 Å². The van der Waals surface area contributed by atoms with Gasteiger partial charge in [-0.3, -0.25) is 14.5 Å². The molecule has 3 unspecified atom stereocenters. The van der Waals surface area contributed by atoms with E-state index in [1.165, 1.54) is 19.4 Å². The smallest absolute Gasteiger partial charge is 0.246 e. The Morgan fingerprint density at radius 3 is 2.60 bits per heavy atom. The topological polar surface area (TPSA) is 43.9 Å². The number of fused-ring (bicyclic) bond motifs is 2. The Labute approximate surface area is 119 Å². The fourth-order valence-corrected chi connectivity index (χ4v) is 4.69. The van der Waals surface area contributed by atoms with E-state index in [1.807, 2.05) is 9.80 Å². The van der Waals surface area contributed by atoms with Crippen molar-refractivity contribution in [2.45, 2.75) is 56.7 Å². The summed E-state index contributed by atoms with van der Waals surface area (Å²) >= 11 is 0. The predicted molar refractivity (Wildman–Crippen MR) is 74.1 cm³/mol. The maximum absolute atomic E-state index is 12.8. The van der Waals surface area contributed by atoms with Gasteiger partial charge < -0.3 is 9.80 Å². The van der Waals surface area contributed by atoms with Crippen LogP contribution in [0.25, 0.3) is 0 Å². The first-order chi connectivity index (χ1) is 9.75. The standard InChI is InChI=1S/C15H23N3O2/c19-14-10-18(12-6-9-16-7-3-5-11(12)16)15(20)13-4-1-2-8-17(13)14/h11-13H,1-10H2. The Kier molecular flexibility index (Phi) is 2.98. The summed E-state index contributed by atoms with van der Waals surface area (Å²) in [6, 6.07) is 0.653. The summed E-state index contributed by atoms with van der Waals surface area (Å²) < 4.78 is 0. The number of piperazine rings is 1. The van der Waals surface area contributed by atoms with E-state index in [2.05, 4.69) is 4.90 Å². The quantitative estimate of drug-likeness (QED) is 0.699. The maximum Gasteiger partial charge on any atom is 0.246 e. The van der Waals surface area contributed by atoms with Crippen LogP contribution in [0.5, 0.6) is 0 Å². The zero-order valence-electron chi connectivity index (χ0n) is 12.0. The lowest BCUT2D eigenvalue weighted by atomic mass is 9.95. The lowest BCUT2D eigenvalue weighted by Gasteiger charge is -2.45. The van der Waals surface area contributed by atoms with Crippen LogP contribution in [0.1, 0.15) is 38.5 Å². The van der Waals surface area contributed by atoms with Crippen LogP contribution in [0.3, 0.4) is 0 Å². The van der Waals surface area contributed by atoms with E-state index in [-0.39, 0.29) is 23.9 Å². The van der Waals surface area contributed by atoms with Crippen molar-refractivity contribution in [3.63, 3.8) is 0 Å². The molecule has 4 aliphatic heterocycles. The highest BCUT2D eigenvalue weighted by atomic mass is 16.2. The summed E-state index contributed by atoms with van der Waals surface area (Å²) in [6.45, 7) is 3.38. The van der Waals surface area contributed by atoms with Crippen molar-refractivity contribution < 1.29 is 9.59 Å². The normalized spacial score (nSPS) is 38.3. The molecule has 0 aromatic carbocycles. The maximum atomic E-state index is 12.8. The summed E-state index contributed by atoms with van der Waals surface area (Å²) in [4.78, 5) is 31.4. The first-order valence-corrected chi connectivity index (χ1v) is 8.10. The molecule has 0 N–H and O–H groups in total. The number of piperidine rings is 1. The van der Waals surface area contributed by atoms with Crippen molar-refractivity contribution in [3.8, 4) is 0 Å². The Morgan fingerprint density at radius 1 is 0.800 bits per heavy atom. The molecular weight excluding hydrogens is 254 g/mol. The van der Waals surface area contributed by atoms with Gasteiger partial charge in [-0.15, -0.1) is 0 Å². The van der Waals surface area contributed by atoms with Gasteiger partial charge >= 0.3 is 0 Å². The number of hydrogen-bond acceptors (Lipinski definition) is 3. The molecule has 4 rings (SSSR count). The molecule has 0 saturated carbocycles. The molecule has 0 spiro atoms. The van der Waals surface area contributed by atoms with Crippen molar-refractivity contribution in [1.82, 2.24) is 14.7 Å². The largest absolute Gasteiger partial charge is 0.329 e. The second-order valence-electron chi connectivity index (χ2n) is 6.67. The molecule has 0 aliphatic carbocycles. The van der Waals surface area contributed by atoms with Crippen LogP contribution >= 0.6 is 0 Å². The van der Waals surface area contributed by atoms with Crippen LogP contribution in [-0.4, -0.2) is 70.8 Å². The molecule has 4 fully saturated rings. The van der Waals surface area contributed by atoms with Crippen molar-refractivity contribution in [1.29, 1.82) is 0 Å². The minimum Gasteiger partial charge on any atom is -0.329 e. The second kappa shape index (κ2) is 4.72. The molecule has 2 amide bonds. The summed E-state index contributed by atoms with van der Waals surface area (Å²) in [5.74, 6) is 0.397. The fraction of sp³-hybridized carbons (Fsp3) is 0.867. The van der Waals surface area contributed by atoms with E-state index >= 15 is 0 Å². The Bertz CT molecular complexity index is 439. The average Bonchev–Trinajstić information content (AvgIpc) is 3.06. The summed E-state index contributed by atoms with van der Waals surface area (Å²) in [6.07, 6.45) is 6.48. The molecule has 4 heterocycles. The summed E-state index contributed by atoms with van der Waals surface area (Å²) in [5.41, 5.74) is 0. The molecule has 0 aromatic heterocycles. The van der Waals surface area contributed by atoms with Crippen LogP contribution < -0.4 is 0 Å². The van der Waals surface area contributed by atoms with Crippen molar-refractivity contribution in [2.24, 2.45) is 0 Å². The zero-order chi connectivity index (χ0) is 13.7. The predicted octanol–water partition coefficient (Wildman–Crippen LogP) is 0.446. The van der Waals surface area contributed by atoms with Gasteiger partial charge in [-0.05, 0) is 45.1 Å². The van der Waals surface area contributed by atoms with E-state index in [0.29, 0.717) is 12.6 Å². The van der Waals surface area contributed by atoms with Gasteiger partial charge in [0.1, 0.15) is 12.6 Å². The lowest BCUT2D eigenvalue weighted by molar-refractivity contribution is -0.160. The van der Waals surface area contributed by atoms with Gasteiger partial charge in [-0.1, -0.05) is 0 Å². The number of rotatable bonds is 1. The Balaban J connectivity index is 1.56. The molecule has 5 heteroatoms. The molecule has 4 saturated heterocycles. The minimum atomic E-state index is -0.152. The van der Waals surface area contributed by atoms with E-state index in [0.717, 1.165) is 38.8 Å². The van der Waals surface area contributed by atoms with Crippen LogP contribution in [0.2, 0.25) is 0 Å². The average molecular weight is 277 g/mol. The van der Waals surface area contributed by atoms with E-state index in [9.17, 15) is 9.59 Å². The van der Waals surface area contributed by atoms with Gasteiger partial charge in [0.15, 0.2) is 0 Å². The summed E-state index contributed by atoms with van der Waals surface area (Å²) in [7, 11) is 0. The number of amides is 2. The molecule has 0 radical (unpaired) electrons. The van der Waals surface area contributed by atoms with Crippen molar-refractivity contribution in [2.75, 3.05) is 26.2 Å². The highest BCUT2D eigenvalue weighted by Gasteiger charge is 2.48. The van der Waals surface area contributed by atoms with Crippen LogP contribution in [-0.2, 0) is 9.59 Å². The van der Waals surface area contributed by atoms with E-state index in [1.54, 1.807) is 0 Å². The van der Waals surface area contributed by atoms with Gasteiger partial charge in [0.05, 0.1) is 0 Å². The van der Waals surface area contributed by atoms with Crippen LogP contribution in [0.15, 0.2) is 0 Å². The van der Waals surface area contributed by atoms with Crippen LogP contribution in [0.4, 0.5) is 0 Å². The molecule has 110 valence electrons. The van der Waals surface area contributed by atoms with Gasteiger partial charge in [0.2, 0.25) is 11.8 Å². The van der Waals surface area contributed by atoms with Crippen molar-refractivity contribution >= 4 is 11.8 Å². The number of carbonyl (C=O) groups excluding carboxylic acids is 2. The fourth-order valence-electron chi connectivity index (χ4n) is 4.69. The zero-order valence-corrected chi connectivity index (χ0v) is 12.0. The third-order valence-corrected chi connectivity index (χ3v) is 5.67. The molecule has 3 atom stereocenters. The molecular formula is C15H23N3O2. The molecule has 5 nitrogen and oxygen atoms in total. The van der Waals surface area contributed by atoms with Crippen LogP contribution in [0, 0.1) is 0 Å². The molecule has 20 heavy (non-hydrogen) atoms. The summed E-state index contributed by atoms with van der Waals surface area (Å²) in [5, 5.41) is 0. The van der Waals surface area contributed by atoms with E-state index in [4.69, 9.17) is 0 Å². The second-order valence-corrected chi connectivity index (χ2v) is 6.67. The first kappa shape index (κ1) is 12.6. The molecule has 0 aromatic rings. The minimum absolute atomic E-state index is 0.152. The highest BCUT2D eigenvalue weighted by molar-refractivity contribution is 5.95. The first-order valence-electron chi connectivity index (χ1n) is 8.10. The SMILES string of the molecule is O=C1CN(C2CCN3CCCC23)C(=O)C2CCCCN12. The van der Waals surface area contributed by atoms with Gasteiger partial charge in [-0.2, -0.15) is 0 Å².